The Morgan fingerprint density at radius 2 is 1.83 bits per heavy atom. The highest BCUT2D eigenvalue weighted by Gasteiger charge is 2.01. The largest absolute Gasteiger partial charge is 0.381 e. The van der Waals surface area contributed by atoms with E-state index in [1.807, 2.05) is 0 Å². The zero-order chi connectivity index (χ0) is 13.1. The van der Waals surface area contributed by atoms with Crippen molar-refractivity contribution in [3.63, 3.8) is 0 Å². The molecule has 0 atom stereocenters. The van der Waals surface area contributed by atoms with E-state index in [4.69, 9.17) is 11.6 Å². The maximum atomic E-state index is 13.3. The van der Waals surface area contributed by atoms with Gasteiger partial charge in [0.05, 0.1) is 5.02 Å². The van der Waals surface area contributed by atoms with Crippen molar-refractivity contribution < 1.29 is 4.39 Å². The predicted molar refractivity (Wildman–Crippen MR) is 74.7 cm³/mol. The van der Waals surface area contributed by atoms with Gasteiger partial charge in [-0.25, -0.2) is 4.39 Å². The standard InChI is InChI=1S/C15H15ClFN/c1-10-3-4-12(7-11(10)2)9-18-13-5-6-14(16)15(17)8-13/h3-8,18H,9H2,1-2H3. The molecule has 0 saturated carbocycles. The molecule has 0 aliphatic carbocycles. The van der Waals surface area contributed by atoms with Crippen LogP contribution in [0.15, 0.2) is 36.4 Å². The van der Waals surface area contributed by atoms with E-state index in [0.29, 0.717) is 6.54 Å². The van der Waals surface area contributed by atoms with Crippen LogP contribution in [0.3, 0.4) is 0 Å². The minimum Gasteiger partial charge on any atom is -0.381 e. The molecule has 0 saturated heterocycles. The average Bonchev–Trinajstić information content (AvgIpc) is 2.35. The summed E-state index contributed by atoms with van der Waals surface area (Å²) in [6.07, 6.45) is 0. The summed E-state index contributed by atoms with van der Waals surface area (Å²) in [4.78, 5) is 0. The fourth-order valence-corrected chi connectivity index (χ4v) is 1.84. The van der Waals surface area contributed by atoms with Crippen LogP contribution in [0.4, 0.5) is 10.1 Å². The van der Waals surface area contributed by atoms with Crippen molar-refractivity contribution >= 4 is 17.3 Å². The zero-order valence-electron chi connectivity index (χ0n) is 10.4. The van der Waals surface area contributed by atoms with Crippen molar-refractivity contribution in [1.29, 1.82) is 0 Å². The van der Waals surface area contributed by atoms with Gasteiger partial charge in [-0.2, -0.15) is 0 Å². The summed E-state index contributed by atoms with van der Waals surface area (Å²) in [6.45, 7) is 4.84. The quantitative estimate of drug-likeness (QED) is 0.846. The van der Waals surface area contributed by atoms with Crippen molar-refractivity contribution in [3.05, 3.63) is 63.9 Å². The molecule has 0 aromatic heterocycles. The summed E-state index contributed by atoms with van der Waals surface area (Å²) in [5.74, 6) is -0.401. The number of nitrogens with one attached hydrogen (secondary N) is 1. The molecule has 0 bridgehead atoms. The molecule has 3 heteroatoms. The Bertz CT molecular complexity index is 515. The predicted octanol–water partition coefficient (Wildman–Crippen LogP) is 4.71. The van der Waals surface area contributed by atoms with E-state index in [-0.39, 0.29) is 5.02 Å². The molecule has 0 spiro atoms. The van der Waals surface area contributed by atoms with Crippen LogP contribution in [0, 0.1) is 19.7 Å². The Balaban J connectivity index is 2.06. The topological polar surface area (TPSA) is 12.0 Å². The molecule has 2 aromatic carbocycles. The first-order chi connectivity index (χ1) is 8.56. The Morgan fingerprint density at radius 3 is 2.50 bits per heavy atom. The minimum atomic E-state index is -0.401. The second-order valence-corrected chi connectivity index (χ2v) is 4.81. The first-order valence-corrected chi connectivity index (χ1v) is 6.19. The van der Waals surface area contributed by atoms with Crippen molar-refractivity contribution in [3.8, 4) is 0 Å². The van der Waals surface area contributed by atoms with Gasteiger partial charge in [0.1, 0.15) is 5.82 Å². The number of aryl methyl sites for hydroxylation is 2. The van der Waals surface area contributed by atoms with Gasteiger partial charge < -0.3 is 5.32 Å². The molecular weight excluding hydrogens is 249 g/mol. The van der Waals surface area contributed by atoms with Crippen LogP contribution in [0.5, 0.6) is 0 Å². The van der Waals surface area contributed by atoms with Gasteiger partial charge in [-0.1, -0.05) is 29.8 Å². The highest BCUT2D eigenvalue weighted by Crippen LogP contribution is 2.19. The monoisotopic (exact) mass is 263 g/mol. The van der Waals surface area contributed by atoms with Gasteiger partial charge in [0.25, 0.3) is 0 Å². The third-order valence-electron chi connectivity index (χ3n) is 2.99. The van der Waals surface area contributed by atoms with Crippen molar-refractivity contribution in [2.75, 3.05) is 5.32 Å². The molecule has 1 N–H and O–H groups in total. The van der Waals surface area contributed by atoms with E-state index in [1.165, 1.54) is 22.8 Å². The van der Waals surface area contributed by atoms with Crippen LogP contribution in [-0.2, 0) is 6.54 Å². The minimum absolute atomic E-state index is 0.145. The van der Waals surface area contributed by atoms with E-state index in [0.717, 1.165) is 5.69 Å². The van der Waals surface area contributed by atoms with Crippen molar-refractivity contribution in [1.82, 2.24) is 0 Å². The first kappa shape index (κ1) is 12.9. The molecule has 0 amide bonds. The summed E-state index contributed by atoms with van der Waals surface area (Å²) in [7, 11) is 0. The first-order valence-electron chi connectivity index (χ1n) is 5.81. The molecule has 0 unspecified atom stereocenters. The molecule has 1 nitrogen and oxygen atoms in total. The fraction of sp³-hybridized carbons (Fsp3) is 0.200. The Kier molecular flexibility index (Phi) is 3.87. The molecule has 2 rings (SSSR count). The molecule has 0 aliphatic heterocycles. The maximum Gasteiger partial charge on any atom is 0.143 e. The van der Waals surface area contributed by atoms with Crippen LogP contribution < -0.4 is 5.32 Å². The highest BCUT2D eigenvalue weighted by atomic mass is 35.5. The van der Waals surface area contributed by atoms with Crippen LogP contribution in [-0.4, -0.2) is 0 Å². The van der Waals surface area contributed by atoms with Gasteiger partial charge >= 0.3 is 0 Å². The molecule has 18 heavy (non-hydrogen) atoms. The summed E-state index contributed by atoms with van der Waals surface area (Å²) >= 11 is 5.63. The van der Waals surface area contributed by atoms with Gasteiger partial charge in [-0.05, 0) is 48.7 Å². The third kappa shape index (κ3) is 3.02. The van der Waals surface area contributed by atoms with Gasteiger partial charge in [0.15, 0.2) is 0 Å². The lowest BCUT2D eigenvalue weighted by Gasteiger charge is -2.09. The molecule has 2 aromatic rings. The maximum absolute atomic E-state index is 13.3. The summed E-state index contributed by atoms with van der Waals surface area (Å²) in [5, 5.41) is 3.32. The van der Waals surface area contributed by atoms with E-state index >= 15 is 0 Å². The summed E-state index contributed by atoms with van der Waals surface area (Å²) in [6, 6.07) is 11.0. The second kappa shape index (κ2) is 5.40. The van der Waals surface area contributed by atoms with E-state index in [1.54, 1.807) is 12.1 Å². The molecule has 0 fully saturated rings. The Labute approximate surface area is 112 Å². The Hall–Kier alpha value is -1.54. The van der Waals surface area contributed by atoms with E-state index in [9.17, 15) is 4.39 Å². The number of hydrogen-bond donors (Lipinski definition) is 1. The number of hydrogen-bond acceptors (Lipinski definition) is 1. The smallest absolute Gasteiger partial charge is 0.143 e. The van der Waals surface area contributed by atoms with Gasteiger partial charge in [0.2, 0.25) is 0 Å². The Morgan fingerprint density at radius 1 is 1.06 bits per heavy atom. The van der Waals surface area contributed by atoms with Gasteiger partial charge in [-0.3, -0.25) is 0 Å². The number of anilines is 1. The number of rotatable bonds is 3. The SMILES string of the molecule is Cc1ccc(CNc2ccc(Cl)c(F)c2)cc1C. The van der Waals surface area contributed by atoms with Gasteiger partial charge in [-0.15, -0.1) is 0 Å². The summed E-state index contributed by atoms with van der Waals surface area (Å²) in [5.41, 5.74) is 4.44. The molecular formula is C15H15ClFN. The van der Waals surface area contributed by atoms with E-state index in [2.05, 4.69) is 37.4 Å². The molecule has 94 valence electrons. The lowest BCUT2D eigenvalue weighted by atomic mass is 10.1. The molecule has 0 radical (unpaired) electrons. The zero-order valence-corrected chi connectivity index (χ0v) is 11.2. The normalized spacial score (nSPS) is 10.4. The second-order valence-electron chi connectivity index (χ2n) is 4.40. The lowest BCUT2D eigenvalue weighted by Crippen LogP contribution is -2.00. The number of benzene rings is 2. The van der Waals surface area contributed by atoms with Crippen LogP contribution >= 0.6 is 11.6 Å². The third-order valence-corrected chi connectivity index (χ3v) is 3.29. The summed E-state index contributed by atoms with van der Waals surface area (Å²) < 4.78 is 13.3. The van der Waals surface area contributed by atoms with Crippen LogP contribution in [0.2, 0.25) is 5.02 Å². The fourth-order valence-electron chi connectivity index (χ4n) is 1.72. The highest BCUT2D eigenvalue weighted by molar-refractivity contribution is 6.30. The lowest BCUT2D eigenvalue weighted by molar-refractivity contribution is 0.628. The van der Waals surface area contributed by atoms with Crippen molar-refractivity contribution in [2.45, 2.75) is 20.4 Å². The van der Waals surface area contributed by atoms with Gasteiger partial charge in [0, 0.05) is 12.2 Å². The van der Waals surface area contributed by atoms with Crippen molar-refractivity contribution in [2.24, 2.45) is 0 Å². The number of halogens is 2. The van der Waals surface area contributed by atoms with E-state index < -0.39 is 5.82 Å². The average molecular weight is 264 g/mol. The van der Waals surface area contributed by atoms with Crippen LogP contribution in [0.25, 0.3) is 0 Å². The molecule has 0 heterocycles. The van der Waals surface area contributed by atoms with Crippen LogP contribution in [0.1, 0.15) is 16.7 Å². The molecule has 0 aliphatic rings.